The molecule has 14 nitrogen and oxygen atoms in total. The van der Waals surface area contributed by atoms with E-state index in [0.717, 1.165) is 32.1 Å². The molecule has 0 spiro atoms. The van der Waals surface area contributed by atoms with Crippen LogP contribution in [0.3, 0.4) is 0 Å². The highest BCUT2D eigenvalue weighted by Crippen LogP contribution is 2.30. The molecular weight excluding hydrogens is 1070 g/mol. The summed E-state index contributed by atoms with van der Waals surface area (Å²) in [5.74, 6) is -0.245. The molecule has 12 unspecified atom stereocenters. The highest BCUT2D eigenvalue weighted by molar-refractivity contribution is 5.76. The number of aliphatic hydroxyl groups is 8. The minimum absolute atomic E-state index is 0.245. The lowest BCUT2D eigenvalue weighted by atomic mass is 9.97. The molecule has 2 rings (SSSR count). The first kappa shape index (κ1) is 79.3. The Hall–Kier alpha value is -1.79. The predicted octanol–water partition coefficient (Wildman–Crippen LogP) is 14.5. The fourth-order valence-corrected chi connectivity index (χ4v) is 11.8. The summed E-state index contributed by atoms with van der Waals surface area (Å²) in [6.07, 6.45) is 55.4. The van der Waals surface area contributed by atoms with E-state index < -0.39 is 86.8 Å². The second kappa shape index (κ2) is 56.2. The molecule has 0 aromatic heterocycles. The summed E-state index contributed by atoms with van der Waals surface area (Å²) in [4.78, 5) is 13.3. The van der Waals surface area contributed by atoms with Gasteiger partial charge in [-0.25, -0.2) is 0 Å². The van der Waals surface area contributed by atoms with Crippen molar-refractivity contribution in [3.63, 3.8) is 0 Å². The van der Waals surface area contributed by atoms with Crippen LogP contribution in [0.5, 0.6) is 0 Å². The summed E-state index contributed by atoms with van der Waals surface area (Å²) in [7, 11) is 0. The smallest absolute Gasteiger partial charge is 0.220 e. The maximum Gasteiger partial charge on any atom is 0.220 e. The van der Waals surface area contributed by atoms with E-state index in [1.54, 1.807) is 6.08 Å². The molecule has 2 aliphatic heterocycles. The molecule has 0 saturated carbocycles. The highest BCUT2D eigenvalue weighted by Gasteiger charge is 2.51. The summed E-state index contributed by atoms with van der Waals surface area (Å²) in [6.45, 7) is 2.78. The third-order valence-corrected chi connectivity index (χ3v) is 17.5. The minimum atomic E-state index is -1.79. The molecule has 0 aromatic carbocycles. The van der Waals surface area contributed by atoms with E-state index >= 15 is 0 Å². The van der Waals surface area contributed by atoms with Crippen LogP contribution in [-0.2, 0) is 23.7 Å². The Morgan fingerprint density at radius 2 is 0.753 bits per heavy atom. The third kappa shape index (κ3) is 40.5. The van der Waals surface area contributed by atoms with Crippen LogP contribution in [0.1, 0.15) is 316 Å². The van der Waals surface area contributed by atoms with Gasteiger partial charge in [0.25, 0.3) is 0 Å². The van der Waals surface area contributed by atoms with Gasteiger partial charge in [-0.2, -0.15) is 0 Å². The molecular formula is C71H133NO13. The monoisotopic (exact) mass is 1210 g/mol. The van der Waals surface area contributed by atoms with Gasteiger partial charge in [-0.1, -0.05) is 288 Å². The second-order valence-electron chi connectivity index (χ2n) is 25.4. The van der Waals surface area contributed by atoms with Crippen molar-refractivity contribution in [3.05, 3.63) is 36.5 Å². The van der Waals surface area contributed by atoms with Gasteiger partial charge >= 0.3 is 0 Å². The summed E-state index contributed by atoms with van der Waals surface area (Å²) in [5, 5.41) is 87.1. The molecule has 500 valence electrons. The molecule has 14 heteroatoms. The van der Waals surface area contributed by atoms with Gasteiger partial charge in [-0.05, 0) is 57.8 Å². The van der Waals surface area contributed by atoms with Gasteiger partial charge in [0.1, 0.15) is 48.8 Å². The zero-order chi connectivity index (χ0) is 61.6. The summed E-state index contributed by atoms with van der Waals surface area (Å²) < 4.78 is 22.8. The zero-order valence-electron chi connectivity index (χ0n) is 54.4. The lowest BCUT2D eigenvalue weighted by molar-refractivity contribution is -0.359. The lowest BCUT2D eigenvalue weighted by Crippen LogP contribution is -2.65. The number of carbonyl (C=O) groups is 1. The molecule has 0 radical (unpaired) electrons. The van der Waals surface area contributed by atoms with E-state index in [0.29, 0.717) is 12.8 Å². The summed E-state index contributed by atoms with van der Waals surface area (Å²) >= 11 is 0. The largest absolute Gasteiger partial charge is 0.394 e. The van der Waals surface area contributed by atoms with E-state index in [-0.39, 0.29) is 18.9 Å². The second-order valence-corrected chi connectivity index (χ2v) is 25.4. The van der Waals surface area contributed by atoms with E-state index in [4.69, 9.17) is 18.9 Å². The molecule has 2 aliphatic rings. The first-order valence-electron chi connectivity index (χ1n) is 35.7. The molecule has 0 aliphatic carbocycles. The van der Waals surface area contributed by atoms with Crippen molar-refractivity contribution in [3.8, 4) is 0 Å². The van der Waals surface area contributed by atoms with Crippen molar-refractivity contribution in [2.24, 2.45) is 0 Å². The van der Waals surface area contributed by atoms with Gasteiger partial charge in [-0.3, -0.25) is 4.79 Å². The predicted molar refractivity (Wildman–Crippen MR) is 346 cm³/mol. The van der Waals surface area contributed by atoms with Gasteiger partial charge in [0.15, 0.2) is 12.6 Å². The van der Waals surface area contributed by atoms with Crippen molar-refractivity contribution in [2.45, 2.75) is 389 Å². The van der Waals surface area contributed by atoms with Crippen molar-refractivity contribution in [2.75, 3.05) is 19.8 Å². The van der Waals surface area contributed by atoms with Gasteiger partial charge in [-0.15, -0.1) is 0 Å². The molecule has 12 atom stereocenters. The number of hydrogen-bond donors (Lipinski definition) is 9. The van der Waals surface area contributed by atoms with Crippen LogP contribution in [0.15, 0.2) is 36.5 Å². The normalized spacial score (nSPS) is 23.7. The molecule has 0 aromatic rings. The average Bonchev–Trinajstić information content (AvgIpc) is 3.66. The SMILES string of the molecule is CCCCCCCC/C=C/CC/C=C/C(O)C(COC1OC(CO)C(OC2OC(CO)C(O)C(O)C2O)C(O)C1O)NC(=O)CCCCCCCCCCCCCCCCCCCCCCCCCCCCC/C=C\CCCCCCCCCC. The Balaban J connectivity index is 1.53. The first-order chi connectivity index (χ1) is 41.6. The molecule has 1 amide bonds. The molecule has 85 heavy (non-hydrogen) atoms. The minimum Gasteiger partial charge on any atom is -0.394 e. The lowest BCUT2D eigenvalue weighted by Gasteiger charge is -2.46. The number of unbranched alkanes of at least 4 members (excludes halogenated alkanes) is 42. The maximum absolute atomic E-state index is 13.3. The van der Waals surface area contributed by atoms with Crippen molar-refractivity contribution >= 4 is 5.91 Å². The molecule has 2 saturated heterocycles. The van der Waals surface area contributed by atoms with Crippen molar-refractivity contribution in [1.82, 2.24) is 5.32 Å². The van der Waals surface area contributed by atoms with Crippen LogP contribution in [0.4, 0.5) is 0 Å². The number of nitrogens with one attached hydrogen (secondary N) is 1. The fourth-order valence-electron chi connectivity index (χ4n) is 11.8. The van der Waals surface area contributed by atoms with Crippen LogP contribution in [-0.4, -0.2) is 140 Å². The Morgan fingerprint density at radius 3 is 1.15 bits per heavy atom. The van der Waals surface area contributed by atoms with Crippen LogP contribution < -0.4 is 5.32 Å². The quantitative estimate of drug-likeness (QED) is 0.0204. The van der Waals surface area contributed by atoms with Crippen LogP contribution in [0.2, 0.25) is 0 Å². The standard InChI is InChI=1S/C71H133NO13/c1-3-5-7-9-11-13-15-17-18-19-20-21-22-23-24-25-26-27-28-29-30-31-32-33-34-35-36-37-38-39-40-41-42-43-45-47-49-51-53-55-63(76)72-59(60(75)54-52-50-48-46-44-16-14-12-10-8-6-4-2)58-82-70-68(81)66(79)69(62(57-74)84-70)85-71-67(80)65(78)64(77)61(56-73)83-71/h19-20,44,46,52,54,59-62,64-71,73-75,77-81H,3-18,21-43,45,47-51,53,55-58H2,1-2H3,(H,72,76)/b20-19-,46-44+,54-52+. The Bertz CT molecular complexity index is 1560. The van der Waals surface area contributed by atoms with Gasteiger partial charge < -0.3 is 65.1 Å². The van der Waals surface area contributed by atoms with Crippen LogP contribution in [0, 0.1) is 0 Å². The summed E-state index contributed by atoms with van der Waals surface area (Å²) in [6, 6.07) is -0.928. The Labute approximate surface area is 519 Å². The average molecular weight is 1210 g/mol. The number of hydrogen-bond acceptors (Lipinski definition) is 13. The topological polar surface area (TPSA) is 228 Å². The number of carbonyl (C=O) groups excluding carboxylic acids is 1. The van der Waals surface area contributed by atoms with Gasteiger partial charge in [0.05, 0.1) is 32.0 Å². The van der Waals surface area contributed by atoms with E-state index in [9.17, 15) is 45.6 Å². The molecule has 9 N–H and O–H groups in total. The number of rotatable bonds is 59. The molecule has 0 bridgehead atoms. The van der Waals surface area contributed by atoms with Crippen LogP contribution >= 0.6 is 0 Å². The van der Waals surface area contributed by atoms with Crippen LogP contribution in [0.25, 0.3) is 0 Å². The highest BCUT2D eigenvalue weighted by atomic mass is 16.7. The number of amides is 1. The molecule has 2 heterocycles. The van der Waals surface area contributed by atoms with E-state index in [1.165, 1.54) is 250 Å². The zero-order valence-corrected chi connectivity index (χ0v) is 54.4. The number of allylic oxidation sites excluding steroid dienone is 5. The Morgan fingerprint density at radius 1 is 0.412 bits per heavy atom. The summed E-state index contributed by atoms with van der Waals surface area (Å²) in [5.41, 5.74) is 0. The Kier molecular flexibility index (Phi) is 52.4. The van der Waals surface area contributed by atoms with E-state index in [1.807, 2.05) is 6.08 Å². The first-order valence-corrected chi connectivity index (χ1v) is 35.7. The fraction of sp³-hybridized carbons (Fsp3) is 0.901. The van der Waals surface area contributed by atoms with Crippen molar-refractivity contribution in [1.29, 1.82) is 0 Å². The third-order valence-electron chi connectivity index (χ3n) is 17.5. The van der Waals surface area contributed by atoms with Gasteiger partial charge in [0.2, 0.25) is 5.91 Å². The van der Waals surface area contributed by atoms with Crippen molar-refractivity contribution < 1.29 is 64.6 Å². The van der Waals surface area contributed by atoms with E-state index in [2.05, 4.69) is 43.5 Å². The number of ether oxygens (including phenoxy) is 4. The number of aliphatic hydroxyl groups excluding tert-OH is 8. The maximum atomic E-state index is 13.3. The van der Waals surface area contributed by atoms with Gasteiger partial charge in [0, 0.05) is 6.42 Å². The molecule has 2 fully saturated rings.